The lowest BCUT2D eigenvalue weighted by Gasteiger charge is -2.08. The number of halogens is 1. The molecule has 0 aliphatic rings. The third kappa shape index (κ3) is 2.19. The second-order valence-corrected chi connectivity index (χ2v) is 4.31. The molecule has 1 atom stereocenters. The second-order valence-electron chi connectivity index (χ2n) is 3.45. The summed E-state index contributed by atoms with van der Waals surface area (Å²) in [7, 11) is 0. The highest BCUT2D eigenvalue weighted by Gasteiger charge is 2.18. The van der Waals surface area contributed by atoms with Gasteiger partial charge in [-0.15, -0.1) is 0 Å². The van der Waals surface area contributed by atoms with E-state index in [9.17, 15) is 4.79 Å². The van der Waals surface area contributed by atoms with Crippen molar-refractivity contribution in [3.05, 3.63) is 48.0 Å². The summed E-state index contributed by atoms with van der Waals surface area (Å²) >= 11 is 3.30. The normalized spacial score (nSPS) is 12.4. The molecule has 2 aromatic rings. The highest BCUT2D eigenvalue weighted by Crippen LogP contribution is 2.19. The zero-order valence-corrected chi connectivity index (χ0v) is 10.3. The number of hydrogen-bond donors (Lipinski definition) is 0. The van der Waals surface area contributed by atoms with Gasteiger partial charge in [0.15, 0.2) is 10.7 Å². The summed E-state index contributed by atoms with van der Waals surface area (Å²) in [6, 6.07) is 7.47. The Bertz CT molecular complexity index is 496. The van der Waals surface area contributed by atoms with Crippen LogP contribution in [0.2, 0.25) is 0 Å². The van der Waals surface area contributed by atoms with Crippen molar-refractivity contribution in [3.8, 4) is 0 Å². The van der Waals surface area contributed by atoms with Gasteiger partial charge in [0.1, 0.15) is 12.7 Å². The van der Waals surface area contributed by atoms with Gasteiger partial charge >= 0.3 is 0 Å². The minimum Gasteiger partial charge on any atom is -0.291 e. The Hall–Kier alpha value is -1.49. The van der Waals surface area contributed by atoms with E-state index in [1.165, 1.54) is 17.3 Å². The summed E-state index contributed by atoms with van der Waals surface area (Å²) in [5.74, 6) is -0.0331. The van der Waals surface area contributed by atoms with Gasteiger partial charge in [0, 0.05) is 5.56 Å². The van der Waals surface area contributed by atoms with Crippen LogP contribution in [0.3, 0.4) is 0 Å². The predicted octanol–water partition coefficient (Wildman–Crippen LogP) is 2.36. The van der Waals surface area contributed by atoms with E-state index in [4.69, 9.17) is 0 Å². The van der Waals surface area contributed by atoms with Crippen molar-refractivity contribution in [2.24, 2.45) is 0 Å². The number of benzene rings is 1. The first-order valence-electron chi connectivity index (χ1n) is 4.77. The third-order valence-corrected chi connectivity index (χ3v) is 3.02. The van der Waals surface area contributed by atoms with Crippen LogP contribution in [0.5, 0.6) is 0 Å². The van der Waals surface area contributed by atoms with Crippen LogP contribution in [-0.2, 0) is 0 Å². The molecule has 0 spiro atoms. The molecule has 0 aliphatic heterocycles. The number of Topliss-reactive ketones (excluding diaryl/α,β-unsaturated/α-hetero) is 1. The maximum Gasteiger partial charge on any atom is 0.198 e. The number of rotatable bonds is 3. The van der Waals surface area contributed by atoms with Gasteiger partial charge in [-0.25, -0.2) is 9.67 Å². The fourth-order valence-electron chi connectivity index (χ4n) is 1.39. The van der Waals surface area contributed by atoms with Crippen molar-refractivity contribution < 1.29 is 4.79 Å². The van der Waals surface area contributed by atoms with Gasteiger partial charge in [0.05, 0.1) is 0 Å². The molecule has 82 valence electrons. The summed E-state index contributed by atoms with van der Waals surface area (Å²) in [6.45, 7) is 1.95. The number of alkyl halides is 1. The van der Waals surface area contributed by atoms with Crippen LogP contribution in [0.15, 0.2) is 36.9 Å². The number of aryl methyl sites for hydroxylation is 1. The summed E-state index contributed by atoms with van der Waals surface area (Å²) < 4.78 is 1.48. The van der Waals surface area contributed by atoms with Crippen LogP contribution in [-0.4, -0.2) is 20.5 Å². The Morgan fingerprint density at radius 1 is 1.50 bits per heavy atom. The van der Waals surface area contributed by atoms with Crippen LogP contribution in [0.4, 0.5) is 0 Å². The zero-order chi connectivity index (χ0) is 11.5. The molecule has 0 amide bonds. The molecule has 1 aromatic carbocycles. The Morgan fingerprint density at radius 2 is 2.31 bits per heavy atom. The topological polar surface area (TPSA) is 47.8 Å². The number of aromatic nitrogens is 3. The molecule has 0 aliphatic carbocycles. The van der Waals surface area contributed by atoms with Gasteiger partial charge < -0.3 is 0 Å². The van der Waals surface area contributed by atoms with E-state index in [0.29, 0.717) is 5.56 Å². The molecule has 0 saturated carbocycles. The van der Waals surface area contributed by atoms with Gasteiger partial charge in [-0.3, -0.25) is 4.79 Å². The third-order valence-electron chi connectivity index (χ3n) is 2.19. The largest absolute Gasteiger partial charge is 0.291 e. The lowest BCUT2D eigenvalue weighted by atomic mass is 10.1. The molecule has 1 aromatic heterocycles. The monoisotopic (exact) mass is 279 g/mol. The predicted molar refractivity (Wildman–Crippen MR) is 63.5 cm³/mol. The Labute approximate surface area is 101 Å². The number of carbonyl (C=O) groups is 1. The number of hydrogen-bond acceptors (Lipinski definition) is 3. The maximum atomic E-state index is 12.1. The molecule has 0 radical (unpaired) electrons. The highest BCUT2D eigenvalue weighted by molar-refractivity contribution is 9.09. The second kappa shape index (κ2) is 4.57. The molecule has 1 unspecified atom stereocenters. The van der Waals surface area contributed by atoms with Gasteiger partial charge in [-0.1, -0.05) is 39.7 Å². The summed E-state index contributed by atoms with van der Waals surface area (Å²) in [5, 5.41) is 3.92. The van der Waals surface area contributed by atoms with E-state index >= 15 is 0 Å². The SMILES string of the molecule is Cc1cccc(C(=O)C(Br)n2cncn2)c1. The lowest BCUT2D eigenvalue weighted by molar-refractivity contribution is 0.0965. The standard InChI is InChI=1S/C11H10BrN3O/c1-8-3-2-4-9(5-8)10(16)11(12)15-7-13-6-14-15/h2-7,11H,1H3. The van der Waals surface area contributed by atoms with E-state index in [-0.39, 0.29) is 5.78 Å². The van der Waals surface area contributed by atoms with E-state index in [2.05, 4.69) is 26.0 Å². The molecular formula is C11H10BrN3O. The molecule has 16 heavy (non-hydrogen) atoms. The number of ketones is 1. The highest BCUT2D eigenvalue weighted by atomic mass is 79.9. The van der Waals surface area contributed by atoms with Crippen molar-refractivity contribution in [1.29, 1.82) is 0 Å². The quantitative estimate of drug-likeness (QED) is 0.640. The Morgan fingerprint density at radius 3 is 2.94 bits per heavy atom. The number of carbonyl (C=O) groups excluding carboxylic acids is 1. The molecule has 5 heteroatoms. The molecular weight excluding hydrogens is 270 g/mol. The summed E-state index contributed by atoms with van der Waals surface area (Å²) in [6.07, 6.45) is 2.91. The Balaban J connectivity index is 2.26. The maximum absolute atomic E-state index is 12.1. The molecule has 0 bridgehead atoms. The van der Waals surface area contributed by atoms with Gasteiger partial charge in [0.2, 0.25) is 0 Å². The van der Waals surface area contributed by atoms with Gasteiger partial charge in [-0.05, 0) is 13.0 Å². The van der Waals surface area contributed by atoms with Crippen LogP contribution >= 0.6 is 15.9 Å². The van der Waals surface area contributed by atoms with Crippen molar-refractivity contribution in [2.75, 3.05) is 0 Å². The fourth-order valence-corrected chi connectivity index (χ4v) is 1.87. The first kappa shape index (κ1) is 11.0. The van der Waals surface area contributed by atoms with E-state index in [1.807, 2.05) is 25.1 Å². The first-order chi connectivity index (χ1) is 7.68. The first-order valence-corrected chi connectivity index (χ1v) is 5.69. The van der Waals surface area contributed by atoms with Crippen LogP contribution in [0, 0.1) is 6.92 Å². The molecule has 0 saturated heterocycles. The lowest BCUT2D eigenvalue weighted by Crippen LogP contribution is -2.14. The fraction of sp³-hybridized carbons (Fsp3) is 0.182. The zero-order valence-electron chi connectivity index (χ0n) is 8.67. The summed E-state index contributed by atoms with van der Waals surface area (Å²) in [4.78, 5) is 15.4. The van der Waals surface area contributed by atoms with Gasteiger partial charge in [0.25, 0.3) is 0 Å². The van der Waals surface area contributed by atoms with E-state index in [1.54, 1.807) is 6.07 Å². The molecule has 0 N–H and O–H groups in total. The van der Waals surface area contributed by atoms with E-state index < -0.39 is 4.95 Å². The van der Waals surface area contributed by atoms with Crippen LogP contribution < -0.4 is 0 Å². The summed E-state index contributed by atoms with van der Waals surface area (Å²) in [5.41, 5.74) is 1.72. The van der Waals surface area contributed by atoms with Gasteiger partial charge in [-0.2, -0.15) is 5.10 Å². The van der Waals surface area contributed by atoms with Crippen LogP contribution in [0.25, 0.3) is 0 Å². The van der Waals surface area contributed by atoms with Crippen molar-refractivity contribution in [2.45, 2.75) is 11.9 Å². The Kier molecular flexibility index (Phi) is 3.14. The van der Waals surface area contributed by atoms with Crippen molar-refractivity contribution in [1.82, 2.24) is 14.8 Å². The average molecular weight is 280 g/mol. The minimum absolute atomic E-state index is 0.0331. The van der Waals surface area contributed by atoms with Crippen molar-refractivity contribution in [3.63, 3.8) is 0 Å². The molecule has 4 nitrogen and oxygen atoms in total. The number of nitrogens with zero attached hydrogens (tertiary/aromatic N) is 3. The average Bonchev–Trinajstić information content (AvgIpc) is 2.80. The molecule has 1 heterocycles. The van der Waals surface area contributed by atoms with Crippen LogP contribution in [0.1, 0.15) is 20.9 Å². The molecule has 2 rings (SSSR count). The van der Waals surface area contributed by atoms with Crippen molar-refractivity contribution >= 4 is 21.7 Å². The minimum atomic E-state index is -0.503. The van der Waals surface area contributed by atoms with E-state index in [0.717, 1.165) is 5.56 Å². The smallest absolute Gasteiger partial charge is 0.198 e. The molecule has 0 fully saturated rings.